The van der Waals surface area contributed by atoms with Crippen LogP contribution >= 0.6 is 0 Å². The molecule has 3 nitrogen and oxygen atoms in total. The van der Waals surface area contributed by atoms with Crippen LogP contribution < -0.4 is 5.32 Å². The molecular weight excluding hydrogens is 219 g/mol. The third-order valence-corrected chi connectivity index (χ3v) is 2.70. The first-order chi connectivity index (χ1) is 6.14. The van der Waals surface area contributed by atoms with Gasteiger partial charge in [-0.2, -0.15) is 13.2 Å². The van der Waals surface area contributed by atoms with E-state index in [0.29, 0.717) is 0 Å². The number of halogens is 3. The van der Waals surface area contributed by atoms with Gasteiger partial charge in [0, 0.05) is 12.3 Å². The molecule has 0 fully saturated rings. The Morgan fingerprint density at radius 1 is 1.36 bits per heavy atom. The fourth-order valence-corrected chi connectivity index (χ4v) is 1.70. The molecule has 7 heteroatoms. The Bertz CT molecular complexity index is 261. The molecule has 1 atom stereocenters. The standard InChI is InChI=1S/C7H14F3NO2S/c1-11-6(5-7(8,9)10)3-4-14(2,12)13/h6,11H,3-5H2,1-2H3. The van der Waals surface area contributed by atoms with E-state index in [1.165, 1.54) is 7.05 Å². The van der Waals surface area contributed by atoms with Crippen LogP contribution in [0.2, 0.25) is 0 Å². The lowest BCUT2D eigenvalue weighted by atomic mass is 10.1. The summed E-state index contributed by atoms with van der Waals surface area (Å²) >= 11 is 0. The third-order valence-electron chi connectivity index (χ3n) is 1.72. The summed E-state index contributed by atoms with van der Waals surface area (Å²) in [5.74, 6) is -0.228. The van der Waals surface area contributed by atoms with Crippen LogP contribution in [0.25, 0.3) is 0 Å². The zero-order valence-corrected chi connectivity index (χ0v) is 8.87. The van der Waals surface area contributed by atoms with Crippen molar-refractivity contribution in [3.63, 3.8) is 0 Å². The van der Waals surface area contributed by atoms with Gasteiger partial charge in [-0.15, -0.1) is 0 Å². The Kier molecular flexibility index (Phi) is 4.87. The van der Waals surface area contributed by atoms with Crippen molar-refractivity contribution in [1.29, 1.82) is 0 Å². The van der Waals surface area contributed by atoms with Gasteiger partial charge in [-0.1, -0.05) is 0 Å². The highest BCUT2D eigenvalue weighted by Gasteiger charge is 2.31. The molecule has 86 valence electrons. The summed E-state index contributed by atoms with van der Waals surface area (Å²) in [6.07, 6.45) is -4.27. The van der Waals surface area contributed by atoms with Gasteiger partial charge in [0.1, 0.15) is 9.84 Å². The molecule has 0 rings (SSSR count). The van der Waals surface area contributed by atoms with Crippen LogP contribution in [0, 0.1) is 0 Å². The quantitative estimate of drug-likeness (QED) is 0.769. The fourth-order valence-electron chi connectivity index (χ4n) is 0.984. The molecule has 0 aliphatic rings. The molecule has 0 bridgehead atoms. The van der Waals surface area contributed by atoms with Crippen LogP contribution in [0.15, 0.2) is 0 Å². The fraction of sp³-hybridized carbons (Fsp3) is 1.00. The molecule has 0 saturated heterocycles. The first kappa shape index (κ1) is 13.7. The van der Waals surface area contributed by atoms with Gasteiger partial charge in [0.2, 0.25) is 0 Å². The maximum Gasteiger partial charge on any atom is 0.390 e. The van der Waals surface area contributed by atoms with Gasteiger partial charge >= 0.3 is 6.18 Å². The predicted molar refractivity (Wildman–Crippen MR) is 47.8 cm³/mol. The minimum absolute atomic E-state index is 0.0190. The van der Waals surface area contributed by atoms with E-state index in [-0.39, 0.29) is 12.2 Å². The summed E-state index contributed by atoms with van der Waals surface area (Å²) in [6, 6.07) is -0.829. The van der Waals surface area contributed by atoms with Gasteiger partial charge in [-0.05, 0) is 13.5 Å². The van der Waals surface area contributed by atoms with Gasteiger partial charge in [0.05, 0.1) is 12.2 Å². The van der Waals surface area contributed by atoms with Crippen LogP contribution in [0.3, 0.4) is 0 Å². The molecule has 0 amide bonds. The van der Waals surface area contributed by atoms with Gasteiger partial charge in [0.15, 0.2) is 0 Å². The van der Waals surface area contributed by atoms with E-state index in [4.69, 9.17) is 0 Å². The van der Waals surface area contributed by atoms with E-state index in [1.807, 2.05) is 0 Å². The van der Waals surface area contributed by atoms with Crippen molar-refractivity contribution in [3.8, 4) is 0 Å². The van der Waals surface area contributed by atoms with Crippen LogP contribution in [-0.4, -0.2) is 39.7 Å². The Morgan fingerprint density at radius 2 is 1.86 bits per heavy atom. The average Bonchev–Trinajstić information content (AvgIpc) is 1.94. The van der Waals surface area contributed by atoms with Crippen molar-refractivity contribution in [3.05, 3.63) is 0 Å². The second kappa shape index (κ2) is 4.97. The third kappa shape index (κ3) is 8.31. The highest BCUT2D eigenvalue weighted by atomic mass is 32.2. The van der Waals surface area contributed by atoms with Crippen LogP contribution in [0.1, 0.15) is 12.8 Å². The Hall–Kier alpha value is -0.300. The number of hydrogen-bond donors (Lipinski definition) is 1. The molecule has 1 N–H and O–H groups in total. The van der Waals surface area contributed by atoms with Crippen molar-refractivity contribution < 1.29 is 21.6 Å². The monoisotopic (exact) mass is 233 g/mol. The largest absolute Gasteiger partial charge is 0.390 e. The first-order valence-electron chi connectivity index (χ1n) is 4.06. The molecule has 0 aliphatic heterocycles. The van der Waals surface area contributed by atoms with E-state index in [2.05, 4.69) is 5.32 Å². The minimum Gasteiger partial charge on any atom is -0.317 e. The minimum atomic E-state index is -4.26. The summed E-state index contributed by atoms with van der Waals surface area (Å²) in [5, 5.41) is 2.45. The zero-order valence-electron chi connectivity index (χ0n) is 8.06. The number of alkyl halides is 3. The van der Waals surface area contributed by atoms with Crippen molar-refractivity contribution >= 4 is 9.84 Å². The number of nitrogens with one attached hydrogen (secondary N) is 1. The highest BCUT2D eigenvalue weighted by molar-refractivity contribution is 7.90. The van der Waals surface area contributed by atoms with Crippen LogP contribution in [0.5, 0.6) is 0 Å². The summed E-state index contributed by atoms with van der Waals surface area (Å²) in [4.78, 5) is 0. The van der Waals surface area contributed by atoms with Crippen molar-refractivity contribution in [2.24, 2.45) is 0 Å². The average molecular weight is 233 g/mol. The van der Waals surface area contributed by atoms with Crippen molar-refractivity contribution in [2.45, 2.75) is 25.1 Å². The molecule has 0 saturated carbocycles. The maximum absolute atomic E-state index is 11.9. The Morgan fingerprint density at radius 3 is 2.14 bits per heavy atom. The lowest BCUT2D eigenvalue weighted by molar-refractivity contribution is -0.139. The zero-order chi connectivity index (χ0) is 11.4. The molecule has 1 unspecified atom stereocenters. The molecule has 0 aromatic heterocycles. The van der Waals surface area contributed by atoms with Crippen molar-refractivity contribution in [1.82, 2.24) is 5.32 Å². The summed E-state index contributed by atoms with van der Waals surface area (Å²) in [5.41, 5.74) is 0. The maximum atomic E-state index is 11.9. The molecule has 0 heterocycles. The molecule has 0 aromatic rings. The number of hydrogen-bond acceptors (Lipinski definition) is 3. The topological polar surface area (TPSA) is 46.2 Å². The molecular formula is C7H14F3NO2S. The molecule has 0 aliphatic carbocycles. The van der Waals surface area contributed by atoms with E-state index >= 15 is 0 Å². The summed E-state index contributed by atoms with van der Waals surface area (Å²) in [6.45, 7) is 0. The van der Waals surface area contributed by atoms with E-state index in [0.717, 1.165) is 6.26 Å². The van der Waals surface area contributed by atoms with Gasteiger partial charge < -0.3 is 5.32 Å². The van der Waals surface area contributed by atoms with Crippen LogP contribution in [-0.2, 0) is 9.84 Å². The first-order valence-corrected chi connectivity index (χ1v) is 6.12. The van der Waals surface area contributed by atoms with Crippen LogP contribution in [0.4, 0.5) is 13.2 Å². The van der Waals surface area contributed by atoms with Gasteiger partial charge in [0.25, 0.3) is 0 Å². The van der Waals surface area contributed by atoms with E-state index in [9.17, 15) is 21.6 Å². The highest BCUT2D eigenvalue weighted by Crippen LogP contribution is 2.22. The van der Waals surface area contributed by atoms with E-state index < -0.39 is 28.5 Å². The lowest BCUT2D eigenvalue weighted by Gasteiger charge is -2.17. The summed E-state index contributed by atoms with van der Waals surface area (Å²) in [7, 11) is -1.80. The normalized spacial score (nSPS) is 15.5. The SMILES string of the molecule is CNC(CCS(C)(=O)=O)CC(F)(F)F. The second-order valence-corrected chi connectivity index (χ2v) is 5.48. The number of sulfone groups is 1. The number of rotatable bonds is 5. The second-order valence-electron chi connectivity index (χ2n) is 3.22. The van der Waals surface area contributed by atoms with E-state index in [1.54, 1.807) is 0 Å². The molecule has 0 aromatic carbocycles. The van der Waals surface area contributed by atoms with Gasteiger partial charge in [-0.3, -0.25) is 0 Å². The van der Waals surface area contributed by atoms with Crippen molar-refractivity contribution in [2.75, 3.05) is 19.1 Å². The Labute approximate surface area is 81.6 Å². The predicted octanol–water partition coefficient (Wildman–Crippen LogP) is 0.962. The molecule has 14 heavy (non-hydrogen) atoms. The Balaban J connectivity index is 4.05. The lowest BCUT2D eigenvalue weighted by Crippen LogP contribution is -2.32. The smallest absolute Gasteiger partial charge is 0.317 e. The summed E-state index contributed by atoms with van der Waals surface area (Å²) < 4.78 is 57.2. The molecule has 0 spiro atoms. The molecule has 0 radical (unpaired) electrons. The van der Waals surface area contributed by atoms with Gasteiger partial charge in [-0.25, -0.2) is 8.42 Å².